The molecular formula is C58H36N2OS. The second kappa shape index (κ2) is 13.8. The van der Waals surface area contributed by atoms with Crippen LogP contribution in [0.3, 0.4) is 0 Å². The highest BCUT2D eigenvalue weighted by atomic mass is 32.1. The molecule has 3 aromatic heterocycles. The molecular weight excluding hydrogens is 773 g/mol. The number of benzene rings is 10. The Morgan fingerprint density at radius 2 is 1.00 bits per heavy atom. The van der Waals surface area contributed by atoms with Crippen molar-refractivity contribution in [3.05, 3.63) is 218 Å². The third kappa shape index (κ3) is 5.37. The van der Waals surface area contributed by atoms with Gasteiger partial charge in [0.2, 0.25) is 0 Å². The molecule has 4 heteroatoms. The van der Waals surface area contributed by atoms with Crippen LogP contribution in [0.1, 0.15) is 0 Å². The van der Waals surface area contributed by atoms with E-state index in [2.05, 4.69) is 228 Å². The van der Waals surface area contributed by atoms with E-state index in [1.807, 2.05) is 11.3 Å². The summed E-state index contributed by atoms with van der Waals surface area (Å²) in [5.41, 5.74) is 13.0. The Balaban J connectivity index is 1.05. The van der Waals surface area contributed by atoms with Gasteiger partial charge in [-0.25, -0.2) is 0 Å². The minimum atomic E-state index is 0.871. The summed E-state index contributed by atoms with van der Waals surface area (Å²) >= 11 is 1.85. The largest absolute Gasteiger partial charge is 0.455 e. The first-order valence-corrected chi connectivity index (χ1v) is 21.9. The van der Waals surface area contributed by atoms with Crippen LogP contribution in [-0.2, 0) is 0 Å². The highest BCUT2D eigenvalue weighted by Crippen LogP contribution is 2.48. The average Bonchev–Trinajstić information content (AvgIpc) is 4.01. The van der Waals surface area contributed by atoms with Crippen molar-refractivity contribution < 1.29 is 4.42 Å². The number of thiophene rings is 1. The normalized spacial score (nSPS) is 11.9. The van der Waals surface area contributed by atoms with Crippen molar-refractivity contribution in [2.75, 3.05) is 4.90 Å². The molecule has 62 heavy (non-hydrogen) atoms. The Morgan fingerprint density at radius 1 is 0.387 bits per heavy atom. The van der Waals surface area contributed by atoms with Crippen LogP contribution in [0.4, 0.5) is 17.1 Å². The van der Waals surface area contributed by atoms with Crippen LogP contribution in [0.5, 0.6) is 0 Å². The molecule has 0 N–H and O–H groups in total. The lowest BCUT2D eigenvalue weighted by Gasteiger charge is -2.29. The van der Waals surface area contributed by atoms with Gasteiger partial charge < -0.3 is 13.9 Å². The van der Waals surface area contributed by atoms with Crippen molar-refractivity contribution >= 4 is 103 Å². The fourth-order valence-corrected chi connectivity index (χ4v) is 10.9. The van der Waals surface area contributed by atoms with E-state index >= 15 is 0 Å². The van der Waals surface area contributed by atoms with Crippen LogP contribution in [0.15, 0.2) is 223 Å². The lowest BCUT2D eigenvalue weighted by atomic mass is 9.97. The molecule has 3 heterocycles. The SMILES string of the molecule is c1ccc(N(c2cc(-c3ccc(-n4c5ccccc5c5ccccc54)cc3)c3oc4ccccc4c3c2)c2cccc3ccccc23)c(-c2ccc3sc4ccccc4c3c2)c1. The minimum absolute atomic E-state index is 0.871. The van der Waals surface area contributed by atoms with Crippen molar-refractivity contribution in [1.29, 1.82) is 0 Å². The van der Waals surface area contributed by atoms with Gasteiger partial charge in [-0.1, -0.05) is 146 Å². The van der Waals surface area contributed by atoms with E-state index in [0.29, 0.717) is 0 Å². The molecule has 0 amide bonds. The van der Waals surface area contributed by atoms with Gasteiger partial charge in [-0.15, -0.1) is 11.3 Å². The molecule has 0 aliphatic carbocycles. The lowest BCUT2D eigenvalue weighted by Crippen LogP contribution is -2.12. The first-order valence-electron chi connectivity index (χ1n) is 21.1. The van der Waals surface area contributed by atoms with E-state index in [-0.39, 0.29) is 0 Å². The number of para-hydroxylation sites is 4. The quantitative estimate of drug-likeness (QED) is 0.167. The van der Waals surface area contributed by atoms with Crippen LogP contribution < -0.4 is 4.90 Å². The number of fused-ring (bicyclic) bond motifs is 10. The number of hydrogen-bond donors (Lipinski definition) is 0. The summed E-state index contributed by atoms with van der Waals surface area (Å²) in [5, 5.41) is 9.62. The summed E-state index contributed by atoms with van der Waals surface area (Å²) in [6.45, 7) is 0. The molecule has 0 saturated heterocycles. The smallest absolute Gasteiger partial charge is 0.143 e. The van der Waals surface area contributed by atoms with E-state index in [0.717, 1.165) is 61.4 Å². The van der Waals surface area contributed by atoms with Crippen molar-refractivity contribution in [3.8, 4) is 27.9 Å². The van der Waals surface area contributed by atoms with Crippen LogP contribution in [0, 0.1) is 0 Å². The molecule has 0 aliphatic heterocycles. The summed E-state index contributed by atoms with van der Waals surface area (Å²) < 4.78 is 11.8. The summed E-state index contributed by atoms with van der Waals surface area (Å²) in [6, 6.07) is 79.3. The van der Waals surface area contributed by atoms with Gasteiger partial charge in [-0.2, -0.15) is 0 Å². The van der Waals surface area contributed by atoms with Gasteiger partial charge >= 0.3 is 0 Å². The van der Waals surface area contributed by atoms with Gasteiger partial charge in [0, 0.05) is 69.6 Å². The number of hydrogen-bond acceptors (Lipinski definition) is 3. The zero-order valence-electron chi connectivity index (χ0n) is 33.5. The standard InChI is InChI=1S/C58H36N2OS/c1-2-16-42-37(14-1)15-13-25-52(42)60(51-22-8-3-17-43(51)39-30-33-57-49(34-39)47-21-7-12-27-56(47)62-57)41-35-48(58-50(36-41)46-20-6-11-26-55(46)61-58)38-28-31-40(32-29-38)59-53-23-9-4-18-44(53)45-19-5-10-24-54(45)59/h1-36H. The summed E-state index contributed by atoms with van der Waals surface area (Å²) in [4.78, 5) is 2.46. The van der Waals surface area contributed by atoms with E-state index in [9.17, 15) is 0 Å². The van der Waals surface area contributed by atoms with Gasteiger partial charge in [-0.3, -0.25) is 0 Å². The molecule has 0 radical (unpaired) electrons. The van der Waals surface area contributed by atoms with Gasteiger partial charge in [0.25, 0.3) is 0 Å². The Bertz CT molecular complexity index is 3830. The minimum Gasteiger partial charge on any atom is -0.455 e. The summed E-state index contributed by atoms with van der Waals surface area (Å²) in [5.74, 6) is 0. The van der Waals surface area contributed by atoms with E-state index < -0.39 is 0 Å². The topological polar surface area (TPSA) is 21.3 Å². The van der Waals surface area contributed by atoms with Crippen LogP contribution in [-0.4, -0.2) is 4.57 Å². The first kappa shape index (κ1) is 34.9. The molecule has 0 unspecified atom stereocenters. The molecule has 10 aromatic carbocycles. The fraction of sp³-hybridized carbons (Fsp3) is 0. The number of nitrogens with zero attached hydrogens (tertiary/aromatic N) is 2. The second-order valence-corrected chi connectivity index (χ2v) is 17.1. The maximum absolute atomic E-state index is 6.81. The Hall–Kier alpha value is -7.92. The second-order valence-electron chi connectivity index (χ2n) is 16.0. The van der Waals surface area contributed by atoms with Crippen molar-refractivity contribution in [3.63, 3.8) is 0 Å². The van der Waals surface area contributed by atoms with Crippen molar-refractivity contribution in [2.24, 2.45) is 0 Å². The van der Waals surface area contributed by atoms with Gasteiger partial charge in [0.15, 0.2) is 0 Å². The molecule has 13 rings (SSSR count). The maximum atomic E-state index is 6.81. The first-order chi connectivity index (χ1) is 30.7. The molecule has 0 bridgehead atoms. The predicted octanol–water partition coefficient (Wildman–Crippen LogP) is 17.0. The average molecular weight is 809 g/mol. The molecule has 0 atom stereocenters. The molecule has 0 fully saturated rings. The van der Waals surface area contributed by atoms with E-state index in [1.54, 1.807) is 0 Å². The monoisotopic (exact) mass is 808 g/mol. The Kier molecular flexibility index (Phi) is 7.78. The third-order valence-corrected chi connectivity index (χ3v) is 13.7. The van der Waals surface area contributed by atoms with Crippen LogP contribution >= 0.6 is 11.3 Å². The Labute approximate surface area is 361 Å². The number of furan rings is 1. The van der Waals surface area contributed by atoms with E-state index in [4.69, 9.17) is 4.42 Å². The molecule has 290 valence electrons. The molecule has 3 nitrogen and oxygen atoms in total. The highest BCUT2D eigenvalue weighted by Gasteiger charge is 2.23. The zero-order valence-corrected chi connectivity index (χ0v) is 34.3. The maximum Gasteiger partial charge on any atom is 0.143 e. The van der Waals surface area contributed by atoms with Gasteiger partial charge in [-0.05, 0) is 89.3 Å². The number of aromatic nitrogens is 1. The molecule has 0 spiro atoms. The van der Waals surface area contributed by atoms with Gasteiger partial charge in [0.05, 0.1) is 22.4 Å². The molecule has 13 aromatic rings. The zero-order chi connectivity index (χ0) is 40.7. The molecule has 0 aliphatic rings. The lowest BCUT2D eigenvalue weighted by molar-refractivity contribution is 0.670. The summed E-state index contributed by atoms with van der Waals surface area (Å²) in [7, 11) is 0. The highest BCUT2D eigenvalue weighted by molar-refractivity contribution is 7.25. The third-order valence-electron chi connectivity index (χ3n) is 12.6. The van der Waals surface area contributed by atoms with E-state index in [1.165, 1.54) is 58.3 Å². The Morgan fingerprint density at radius 3 is 1.82 bits per heavy atom. The number of anilines is 3. The van der Waals surface area contributed by atoms with Crippen molar-refractivity contribution in [1.82, 2.24) is 4.57 Å². The van der Waals surface area contributed by atoms with Crippen LogP contribution in [0.2, 0.25) is 0 Å². The van der Waals surface area contributed by atoms with Crippen LogP contribution in [0.25, 0.3) is 103 Å². The predicted molar refractivity (Wildman–Crippen MR) is 264 cm³/mol. The number of rotatable bonds is 6. The van der Waals surface area contributed by atoms with Gasteiger partial charge in [0.1, 0.15) is 11.2 Å². The fourth-order valence-electron chi connectivity index (χ4n) is 9.76. The van der Waals surface area contributed by atoms with Crippen molar-refractivity contribution in [2.45, 2.75) is 0 Å². The summed E-state index contributed by atoms with van der Waals surface area (Å²) in [6.07, 6.45) is 0. The molecule has 0 saturated carbocycles.